The monoisotopic (exact) mass is 558 g/mol. The average molecular weight is 559 g/mol. The Morgan fingerprint density at radius 2 is 1.60 bits per heavy atom. The predicted molar refractivity (Wildman–Crippen MR) is 141 cm³/mol. The highest BCUT2D eigenvalue weighted by Gasteiger charge is 2.35. The Kier molecular flexibility index (Phi) is 6.98. The van der Waals surface area contributed by atoms with Crippen molar-refractivity contribution in [3.8, 4) is 11.3 Å². The van der Waals surface area contributed by atoms with Gasteiger partial charge in [0.15, 0.2) is 0 Å². The molecule has 0 bridgehead atoms. The molecule has 1 saturated heterocycles. The molecule has 40 heavy (non-hydrogen) atoms. The fourth-order valence-corrected chi connectivity index (χ4v) is 6.14. The van der Waals surface area contributed by atoms with E-state index in [0.29, 0.717) is 29.8 Å². The van der Waals surface area contributed by atoms with Gasteiger partial charge in [-0.3, -0.25) is 9.58 Å². The van der Waals surface area contributed by atoms with Crippen molar-refractivity contribution in [1.82, 2.24) is 14.7 Å². The number of hydrogen-bond acceptors (Lipinski definition) is 3. The number of benzene rings is 3. The standard InChI is InChI=1S/C30H28F6N4/c31-19-14-26(32)24(27(33)15-19)17-40-29(23-6-3-7-25(28(23)38-40)30(34,35)36)18-8-10-20(11-9-18)37-21-12-13-39(16-21)22-4-1-2-5-22/h3,6-11,14-15,21-22,37H,1-2,4-5,12-13,16-17H2/t21-/m0/s1. The number of nitrogens with zero attached hydrogens (tertiary/aromatic N) is 3. The molecule has 0 unspecified atom stereocenters. The lowest BCUT2D eigenvalue weighted by molar-refractivity contribution is -0.136. The summed E-state index contributed by atoms with van der Waals surface area (Å²) in [7, 11) is 0. The van der Waals surface area contributed by atoms with Gasteiger partial charge in [0.1, 0.15) is 23.0 Å². The summed E-state index contributed by atoms with van der Waals surface area (Å²) < 4.78 is 85.1. The fourth-order valence-electron chi connectivity index (χ4n) is 6.14. The minimum atomic E-state index is -4.68. The lowest BCUT2D eigenvalue weighted by Gasteiger charge is -2.23. The van der Waals surface area contributed by atoms with Gasteiger partial charge in [0, 0.05) is 59.5 Å². The molecule has 0 amide bonds. The Hall–Kier alpha value is -3.53. The third-order valence-corrected chi connectivity index (χ3v) is 8.08. The molecule has 2 aliphatic rings. The second-order valence-corrected chi connectivity index (χ2v) is 10.7. The Labute approximate surface area is 227 Å². The van der Waals surface area contributed by atoms with Gasteiger partial charge in [0.05, 0.1) is 17.8 Å². The second-order valence-electron chi connectivity index (χ2n) is 10.7. The number of rotatable bonds is 6. The fraction of sp³-hybridized carbons (Fsp3) is 0.367. The minimum Gasteiger partial charge on any atom is -0.381 e. The van der Waals surface area contributed by atoms with Gasteiger partial charge in [-0.25, -0.2) is 13.2 Å². The Bertz CT molecular complexity index is 1500. The molecule has 1 atom stereocenters. The molecular formula is C30H28F6N4. The molecule has 1 N–H and O–H groups in total. The van der Waals surface area contributed by atoms with E-state index in [1.54, 1.807) is 12.1 Å². The van der Waals surface area contributed by atoms with E-state index >= 15 is 0 Å². The summed E-state index contributed by atoms with van der Waals surface area (Å²) in [4.78, 5) is 2.55. The minimum absolute atomic E-state index is 0.196. The van der Waals surface area contributed by atoms with Crippen LogP contribution >= 0.6 is 0 Å². The molecule has 6 rings (SSSR count). The van der Waals surface area contributed by atoms with Crippen LogP contribution in [0.25, 0.3) is 22.2 Å². The molecule has 210 valence electrons. The summed E-state index contributed by atoms with van der Waals surface area (Å²) in [6.45, 7) is 1.51. The van der Waals surface area contributed by atoms with Gasteiger partial charge in [-0.1, -0.05) is 37.1 Å². The van der Waals surface area contributed by atoms with Crippen LogP contribution in [0.2, 0.25) is 0 Å². The average Bonchev–Trinajstić information content (AvgIpc) is 3.66. The lowest BCUT2D eigenvalue weighted by Crippen LogP contribution is -2.33. The smallest absolute Gasteiger partial charge is 0.381 e. The highest BCUT2D eigenvalue weighted by molar-refractivity contribution is 5.95. The third-order valence-electron chi connectivity index (χ3n) is 8.08. The van der Waals surface area contributed by atoms with Crippen LogP contribution in [0.3, 0.4) is 0 Å². The van der Waals surface area contributed by atoms with Crippen molar-refractivity contribution in [3.05, 3.63) is 83.2 Å². The van der Waals surface area contributed by atoms with Crippen molar-refractivity contribution < 1.29 is 26.3 Å². The quantitative estimate of drug-likeness (QED) is 0.247. The summed E-state index contributed by atoms with van der Waals surface area (Å²) in [6, 6.07) is 13.0. The molecule has 0 spiro atoms. The number of alkyl halides is 3. The molecule has 2 heterocycles. The first-order valence-electron chi connectivity index (χ1n) is 13.5. The van der Waals surface area contributed by atoms with Crippen LogP contribution in [-0.4, -0.2) is 39.9 Å². The number of fused-ring (bicyclic) bond motifs is 1. The largest absolute Gasteiger partial charge is 0.418 e. The third kappa shape index (κ3) is 5.16. The van der Waals surface area contributed by atoms with Gasteiger partial charge in [0.2, 0.25) is 0 Å². The van der Waals surface area contributed by atoms with Crippen molar-refractivity contribution in [2.45, 2.75) is 56.9 Å². The maximum atomic E-state index is 14.5. The van der Waals surface area contributed by atoms with Crippen LogP contribution in [0, 0.1) is 17.5 Å². The number of aromatic nitrogens is 2. The van der Waals surface area contributed by atoms with E-state index in [-0.39, 0.29) is 16.6 Å². The molecule has 10 heteroatoms. The molecule has 2 fully saturated rings. The molecule has 4 nitrogen and oxygen atoms in total. The van der Waals surface area contributed by atoms with Crippen molar-refractivity contribution in [3.63, 3.8) is 0 Å². The Balaban J connectivity index is 1.33. The first-order chi connectivity index (χ1) is 19.2. The zero-order chi connectivity index (χ0) is 28.0. The van der Waals surface area contributed by atoms with Crippen molar-refractivity contribution in [2.24, 2.45) is 0 Å². The lowest BCUT2D eigenvalue weighted by atomic mass is 10.0. The normalized spacial score (nSPS) is 18.7. The van der Waals surface area contributed by atoms with Crippen LogP contribution in [0.15, 0.2) is 54.6 Å². The van der Waals surface area contributed by atoms with E-state index in [2.05, 4.69) is 15.3 Å². The summed E-state index contributed by atoms with van der Waals surface area (Å²) >= 11 is 0. The maximum absolute atomic E-state index is 14.5. The van der Waals surface area contributed by atoms with E-state index < -0.39 is 41.3 Å². The molecule has 4 aromatic rings. The van der Waals surface area contributed by atoms with E-state index in [4.69, 9.17) is 0 Å². The van der Waals surface area contributed by atoms with Gasteiger partial charge >= 0.3 is 6.18 Å². The summed E-state index contributed by atoms with van der Waals surface area (Å²) in [5, 5.41) is 7.91. The molecule has 3 aromatic carbocycles. The van der Waals surface area contributed by atoms with E-state index in [1.165, 1.54) is 37.8 Å². The number of anilines is 1. The molecular weight excluding hydrogens is 530 g/mol. The summed E-state index contributed by atoms with van der Waals surface area (Å²) in [5.74, 6) is -3.36. The first kappa shape index (κ1) is 26.7. The highest BCUT2D eigenvalue weighted by Crippen LogP contribution is 2.39. The van der Waals surface area contributed by atoms with Crippen LogP contribution in [0.1, 0.15) is 43.2 Å². The van der Waals surface area contributed by atoms with Crippen LogP contribution < -0.4 is 5.32 Å². The molecule has 0 radical (unpaired) electrons. The Morgan fingerprint density at radius 3 is 2.27 bits per heavy atom. The van der Waals surface area contributed by atoms with Gasteiger partial charge in [-0.15, -0.1) is 0 Å². The van der Waals surface area contributed by atoms with Crippen LogP contribution in [0.4, 0.5) is 32.0 Å². The van der Waals surface area contributed by atoms with Gasteiger partial charge in [-0.2, -0.15) is 18.3 Å². The zero-order valence-electron chi connectivity index (χ0n) is 21.6. The van der Waals surface area contributed by atoms with Gasteiger partial charge in [-0.05, 0) is 37.5 Å². The predicted octanol–water partition coefficient (Wildman–Crippen LogP) is 7.62. The maximum Gasteiger partial charge on any atom is 0.418 e. The van der Waals surface area contributed by atoms with Crippen molar-refractivity contribution in [1.29, 1.82) is 0 Å². The number of likely N-dealkylation sites (tertiary alicyclic amines) is 1. The van der Waals surface area contributed by atoms with Crippen molar-refractivity contribution in [2.75, 3.05) is 18.4 Å². The molecule has 1 aromatic heterocycles. The molecule has 1 aliphatic carbocycles. The first-order valence-corrected chi connectivity index (χ1v) is 13.5. The number of nitrogens with one attached hydrogen (secondary N) is 1. The number of hydrogen-bond donors (Lipinski definition) is 1. The van der Waals surface area contributed by atoms with Crippen LogP contribution in [-0.2, 0) is 12.7 Å². The van der Waals surface area contributed by atoms with E-state index in [1.807, 2.05) is 12.1 Å². The van der Waals surface area contributed by atoms with Gasteiger partial charge < -0.3 is 5.32 Å². The topological polar surface area (TPSA) is 33.1 Å². The van der Waals surface area contributed by atoms with Gasteiger partial charge in [0.25, 0.3) is 0 Å². The van der Waals surface area contributed by atoms with E-state index in [9.17, 15) is 26.3 Å². The number of halogens is 6. The zero-order valence-corrected chi connectivity index (χ0v) is 21.6. The molecule has 1 saturated carbocycles. The Morgan fingerprint density at radius 1 is 0.900 bits per heavy atom. The van der Waals surface area contributed by atoms with Crippen molar-refractivity contribution >= 4 is 16.6 Å². The summed E-state index contributed by atoms with van der Waals surface area (Å²) in [5.41, 5.74) is -0.0674. The highest BCUT2D eigenvalue weighted by atomic mass is 19.4. The summed E-state index contributed by atoms with van der Waals surface area (Å²) in [6.07, 6.45) is 1.44. The second kappa shape index (κ2) is 10.5. The van der Waals surface area contributed by atoms with E-state index in [0.717, 1.165) is 35.9 Å². The SMILES string of the molecule is Fc1cc(F)c(Cn2nc3c(C(F)(F)F)cccc3c2-c2ccc(N[C@H]3CCN(C4CCCC4)C3)cc2)c(F)c1. The van der Waals surface area contributed by atoms with Crippen LogP contribution in [0.5, 0.6) is 0 Å². The molecule has 1 aliphatic heterocycles.